The molecule has 2 amide bonds. The molecule has 2 aromatic rings. The lowest BCUT2D eigenvalue weighted by Gasteiger charge is -2.28. The van der Waals surface area contributed by atoms with Crippen molar-refractivity contribution in [3.8, 4) is 0 Å². The third-order valence-electron chi connectivity index (χ3n) is 5.46. The first-order valence-corrected chi connectivity index (χ1v) is 9.23. The number of anilines is 1. The van der Waals surface area contributed by atoms with Crippen LogP contribution in [0.4, 0.5) is 5.69 Å². The van der Waals surface area contributed by atoms with Crippen LogP contribution < -0.4 is 4.90 Å². The number of hydrogen-bond acceptors (Lipinski definition) is 3. The summed E-state index contributed by atoms with van der Waals surface area (Å²) in [5.41, 5.74) is 4.32. The van der Waals surface area contributed by atoms with Crippen molar-refractivity contribution in [2.45, 2.75) is 39.2 Å². The Hall–Kier alpha value is -2.63. The molecule has 0 aliphatic carbocycles. The van der Waals surface area contributed by atoms with Crippen LogP contribution in [0.25, 0.3) is 0 Å². The monoisotopic (exact) mass is 352 g/mol. The number of carbonyl (C=O) groups is 2. The fourth-order valence-electron chi connectivity index (χ4n) is 3.83. The van der Waals surface area contributed by atoms with Gasteiger partial charge in [-0.2, -0.15) is 5.10 Å². The highest BCUT2D eigenvalue weighted by Crippen LogP contribution is 2.29. The first-order chi connectivity index (χ1) is 12.5. The molecule has 6 nitrogen and oxygen atoms in total. The quantitative estimate of drug-likeness (QED) is 0.923. The van der Waals surface area contributed by atoms with Crippen molar-refractivity contribution in [1.82, 2.24) is 15.1 Å². The number of H-pyrrole nitrogens is 1. The SMILES string of the molecule is CC(C)c1ccc(N2C[C@H](C(=O)N3CCc4[nH]ncc4C3)CC2=O)cc1. The molecule has 0 saturated carbocycles. The van der Waals surface area contributed by atoms with Crippen LogP contribution in [-0.2, 0) is 22.6 Å². The standard InChI is InChI=1S/C20H24N4O2/c1-13(2)14-3-5-17(6-4-14)24-12-15(9-19(24)25)20(26)23-8-7-18-16(11-23)10-21-22-18/h3-6,10,13,15H,7-9,11-12H2,1-2H3,(H,21,22)/t15-/m1/s1. The molecule has 136 valence electrons. The highest BCUT2D eigenvalue weighted by Gasteiger charge is 2.38. The summed E-state index contributed by atoms with van der Waals surface area (Å²) in [7, 11) is 0. The molecule has 0 radical (unpaired) electrons. The first kappa shape index (κ1) is 16.8. The van der Waals surface area contributed by atoms with Crippen LogP contribution >= 0.6 is 0 Å². The third-order valence-corrected chi connectivity index (χ3v) is 5.46. The molecular weight excluding hydrogens is 328 g/mol. The van der Waals surface area contributed by atoms with Gasteiger partial charge < -0.3 is 9.80 Å². The lowest BCUT2D eigenvalue weighted by Crippen LogP contribution is -2.40. The van der Waals surface area contributed by atoms with Crippen molar-refractivity contribution >= 4 is 17.5 Å². The highest BCUT2D eigenvalue weighted by atomic mass is 16.2. The summed E-state index contributed by atoms with van der Waals surface area (Å²) in [6.45, 7) is 6.03. The van der Waals surface area contributed by atoms with Crippen molar-refractivity contribution < 1.29 is 9.59 Å². The van der Waals surface area contributed by atoms with E-state index in [4.69, 9.17) is 0 Å². The average Bonchev–Trinajstić information content (AvgIpc) is 3.27. The minimum absolute atomic E-state index is 0.0293. The Kier molecular flexibility index (Phi) is 4.26. The summed E-state index contributed by atoms with van der Waals surface area (Å²) in [6.07, 6.45) is 2.87. The molecule has 1 fully saturated rings. The van der Waals surface area contributed by atoms with Crippen LogP contribution in [0.1, 0.15) is 43.0 Å². The molecule has 1 aromatic carbocycles. The molecule has 0 unspecified atom stereocenters. The molecule has 0 spiro atoms. The number of rotatable bonds is 3. The molecule has 1 atom stereocenters. The molecule has 0 bridgehead atoms. The molecule has 3 heterocycles. The van der Waals surface area contributed by atoms with Crippen molar-refractivity contribution in [2.24, 2.45) is 5.92 Å². The van der Waals surface area contributed by atoms with E-state index in [1.165, 1.54) is 5.56 Å². The molecule has 1 N–H and O–H groups in total. The van der Waals surface area contributed by atoms with Crippen molar-refractivity contribution in [1.29, 1.82) is 0 Å². The molecule has 26 heavy (non-hydrogen) atoms. The molecule has 2 aliphatic rings. The summed E-state index contributed by atoms with van der Waals surface area (Å²) in [4.78, 5) is 29.0. The van der Waals surface area contributed by atoms with Gasteiger partial charge in [-0.3, -0.25) is 14.7 Å². The molecule has 1 saturated heterocycles. The number of hydrogen-bond donors (Lipinski definition) is 1. The van der Waals surface area contributed by atoms with Gasteiger partial charge >= 0.3 is 0 Å². The second kappa shape index (κ2) is 6.59. The number of nitrogens with one attached hydrogen (secondary N) is 1. The van der Waals surface area contributed by atoms with E-state index < -0.39 is 0 Å². The van der Waals surface area contributed by atoms with Crippen molar-refractivity contribution in [3.63, 3.8) is 0 Å². The van der Waals surface area contributed by atoms with Crippen LogP contribution in [0.5, 0.6) is 0 Å². The van der Waals surface area contributed by atoms with Crippen molar-refractivity contribution in [2.75, 3.05) is 18.0 Å². The predicted molar refractivity (Wildman–Crippen MR) is 98.7 cm³/mol. The summed E-state index contributed by atoms with van der Waals surface area (Å²) in [6, 6.07) is 8.10. The van der Waals surface area contributed by atoms with Crippen LogP contribution in [0, 0.1) is 5.92 Å². The smallest absolute Gasteiger partial charge is 0.228 e. The second-order valence-corrected chi connectivity index (χ2v) is 7.54. The summed E-state index contributed by atoms with van der Waals surface area (Å²) >= 11 is 0. The van der Waals surface area contributed by atoms with Gasteiger partial charge in [0.15, 0.2) is 0 Å². The largest absolute Gasteiger partial charge is 0.338 e. The number of aromatic nitrogens is 2. The van der Waals surface area contributed by atoms with Gasteiger partial charge in [-0.15, -0.1) is 0 Å². The molecule has 2 aliphatic heterocycles. The minimum Gasteiger partial charge on any atom is -0.338 e. The van der Waals surface area contributed by atoms with Gasteiger partial charge in [-0.25, -0.2) is 0 Å². The van der Waals surface area contributed by atoms with Gasteiger partial charge in [0, 0.05) is 49.4 Å². The average molecular weight is 352 g/mol. The van der Waals surface area contributed by atoms with E-state index in [1.54, 1.807) is 11.1 Å². The zero-order valence-corrected chi connectivity index (χ0v) is 15.2. The number of benzene rings is 1. The normalized spacial score (nSPS) is 20.0. The number of carbonyl (C=O) groups excluding carboxylic acids is 2. The molecule has 4 rings (SSSR count). The van der Waals surface area contributed by atoms with Crippen LogP contribution in [0.3, 0.4) is 0 Å². The van der Waals surface area contributed by atoms with Crippen LogP contribution in [0.2, 0.25) is 0 Å². The van der Waals surface area contributed by atoms with Gasteiger partial charge in [0.1, 0.15) is 0 Å². The number of amides is 2. The highest BCUT2D eigenvalue weighted by molar-refractivity contribution is 6.00. The zero-order chi connectivity index (χ0) is 18.3. The topological polar surface area (TPSA) is 69.3 Å². The summed E-state index contributed by atoms with van der Waals surface area (Å²) < 4.78 is 0. The Morgan fingerprint density at radius 2 is 2.04 bits per heavy atom. The van der Waals surface area contributed by atoms with E-state index in [0.717, 1.165) is 23.4 Å². The fourth-order valence-corrected chi connectivity index (χ4v) is 3.83. The Labute approximate surface area is 153 Å². The number of aromatic amines is 1. The van der Waals surface area contributed by atoms with Crippen LogP contribution in [-0.4, -0.2) is 40.0 Å². The summed E-state index contributed by atoms with van der Waals surface area (Å²) in [5, 5.41) is 7.04. The Morgan fingerprint density at radius 3 is 2.77 bits per heavy atom. The Morgan fingerprint density at radius 1 is 1.27 bits per heavy atom. The van der Waals surface area contributed by atoms with E-state index >= 15 is 0 Å². The molecule has 6 heteroatoms. The minimum atomic E-state index is -0.263. The maximum Gasteiger partial charge on any atom is 0.228 e. The van der Waals surface area contributed by atoms with Gasteiger partial charge in [0.2, 0.25) is 11.8 Å². The Bertz CT molecular complexity index is 825. The van der Waals surface area contributed by atoms with E-state index in [-0.39, 0.29) is 17.7 Å². The van der Waals surface area contributed by atoms with E-state index in [9.17, 15) is 9.59 Å². The van der Waals surface area contributed by atoms with Crippen LogP contribution in [0.15, 0.2) is 30.5 Å². The number of nitrogens with zero attached hydrogens (tertiary/aromatic N) is 3. The zero-order valence-electron chi connectivity index (χ0n) is 15.2. The third kappa shape index (κ3) is 3.00. The predicted octanol–water partition coefficient (Wildman–Crippen LogP) is 2.47. The van der Waals surface area contributed by atoms with Gasteiger partial charge in [-0.05, 0) is 23.6 Å². The van der Waals surface area contributed by atoms with E-state index in [0.29, 0.717) is 32.0 Å². The number of fused-ring (bicyclic) bond motifs is 1. The van der Waals surface area contributed by atoms with Gasteiger partial charge in [0.25, 0.3) is 0 Å². The first-order valence-electron chi connectivity index (χ1n) is 9.23. The summed E-state index contributed by atoms with van der Waals surface area (Å²) in [5.74, 6) is 0.299. The molecular formula is C20H24N4O2. The molecule has 1 aromatic heterocycles. The lowest BCUT2D eigenvalue weighted by molar-refractivity contribution is -0.136. The van der Waals surface area contributed by atoms with E-state index in [1.807, 2.05) is 17.0 Å². The fraction of sp³-hybridized carbons (Fsp3) is 0.450. The Balaban J connectivity index is 1.45. The lowest BCUT2D eigenvalue weighted by atomic mass is 10.0. The second-order valence-electron chi connectivity index (χ2n) is 7.54. The van der Waals surface area contributed by atoms with Gasteiger partial charge in [0.05, 0.1) is 12.1 Å². The van der Waals surface area contributed by atoms with Crippen molar-refractivity contribution in [3.05, 3.63) is 47.3 Å². The van der Waals surface area contributed by atoms with Gasteiger partial charge in [-0.1, -0.05) is 26.0 Å². The maximum atomic E-state index is 12.9. The maximum absolute atomic E-state index is 12.9. The van der Waals surface area contributed by atoms with E-state index in [2.05, 4.69) is 36.2 Å².